The third-order valence-electron chi connectivity index (χ3n) is 3.20. The quantitative estimate of drug-likeness (QED) is 0.758. The molecular formula is C12H14N4O. The maximum Gasteiger partial charge on any atom is 0.253 e. The van der Waals surface area contributed by atoms with Crippen LogP contribution in [0.1, 0.15) is 16.8 Å². The van der Waals surface area contributed by atoms with Crippen molar-refractivity contribution in [3.05, 3.63) is 30.0 Å². The van der Waals surface area contributed by atoms with E-state index in [1.165, 1.54) is 0 Å². The Kier molecular flexibility index (Phi) is 2.33. The van der Waals surface area contributed by atoms with E-state index in [9.17, 15) is 4.79 Å². The van der Waals surface area contributed by atoms with Crippen LogP contribution >= 0.6 is 0 Å². The summed E-state index contributed by atoms with van der Waals surface area (Å²) in [7, 11) is 0. The average molecular weight is 230 g/mol. The Morgan fingerprint density at radius 3 is 3.18 bits per heavy atom. The SMILES string of the molecule is N[C@@H]1CCN(C(=O)c2ccc3[nH]ncc3c2)C1. The topological polar surface area (TPSA) is 75.0 Å². The summed E-state index contributed by atoms with van der Waals surface area (Å²) in [5.74, 6) is 0.0565. The number of aromatic nitrogens is 2. The minimum atomic E-state index is 0.0565. The van der Waals surface area contributed by atoms with Gasteiger partial charge in [-0.05, 0) is 24.6 Å². The molecule has 1 aliphatic rings. The summed E-state index contributed by atoms with van der Waals surface area (Å²) in [5, 5.41) is 7.77. The number of hydrogen-bond acceptors (Lipinski definition) is 3. The Hall–Kier alpha value is -1.88. The minimum absolute atomic E-state index is 0.0565. The Labute approximate surface area is 98.6 Å². The van der Waals surface area contributed by atoms with Crippen LogP contribution in [0, 0.1) is 0 Å². The average Bonchev–Trinajstić information content (AvgIpc) is 2.95. The van der Waals surface area contributed by atoms with Gasteiger partial charge < -0.3 is 10.6 Å². The van der Waals surface area contributed by atoms with Gasteiger partial charge in [0.25, 0.3) is 5.91 Å². The highest BCUT2D eigenvalue weighted by atomic mass is 16.2. The predicted molar refractivity (Wildman–Crippen MR) is 64.6 cm³/mol. The lowest BCUT2D eigenvalue weighted by Gasteiger charge is -2.15. The molecule has 0 bridgehead atoms. The Morgan fingerprint density at radius 1 is 1.53 bits per heavy atom. The van der Waals surface area contributed by atoms with Gasteiger partial charge in [-0.15, -0.1) is 0 Å². The summed E-state index contributed by atoms with van der Waals surface area (Å²) in [6.45, 7) is 1.41. The second-order valence-corrected chi connectivity index (χ2v) is 4.47. The van der Waals surface area contributed by atoms with Crippen molar-refractivity contribution in [1.82, 2.24) is 15.1 Å². The number of H-pyrrole nitrogens is 1. The van der Waals surface area contributed by atoms with E-state index in [0.717, 1.165) is 23.9 Å². The highest BCUT2D eigenvalue weighted by molar-refractivity contribution is 5.98. The van der Waals surface area contributed by atoms with Gasteiger partial charge in [0.05, 0.1) is 11.7 Å². The molecule has 0 aliphatic carbocycles. The molecule has 5 heteroatoms. The number of nitrogens with one attached hydrogen (secondary N) is 1. The number of likely N-dealkylation sites (tertiary alicyclic amines) is 1. The van der Waals surface area contributed by atoms with E-state index in [4.69, 9.17) is 5.73 Å². The van der Waals surface area contributed by atoms with Crippen molar-refractivity contribution in [2.24, 2.45) is 5.73 Å². The van der Waals surface area contributed by atoms with Crippen LogP contribution in [0.15, 0.2) is 24.4 Å². The van der Waals surface area contributed by atoms with E-state index >= 15 is 0 Å². The normalized spacial score (nSPS) is 20.1. The number of rotatable bonds is 1. The lowest BCUT2D eigenvalue weighted by molar-refractivity contribution is 0.0791. The summed E-state index contributed by atoms with van der Waals surface area (Å²) in [6.07, 6.45) is 2.61. The van der Waals surface area contributed by atoms with E-state index in [0.29, 0.717) is 12.1 Å². The lowest BCUT2D eigenvalue weighted by Crippen LogP contribution is -2.31. The summed E-state index contributed by atoms with van der Waals surface area (Å²) in [4.78, 5) is 14.0. The number of carbonyl (C=O) groups is 1. The molecule has 1 fully saturated rings. The highest BCUT2D eigenvalue weighted by Gasteiger charge is 2.24. The van der Waals surface area contributed by atoms with Gasteiger partial charge in [0, 0.05) is 30.1 Å². The van der Waals surface area contributed by atoms with E-state index in [-0.39, 0.29) is 11.9 Å². The molecule has 0 spiro atoms. The minimum Gasteiger partial charge on any atom is -0.337 e. The molecular weight excluding hydrogens is 216 g/mol. The molecule has 1 atom stereocenters. The zero-order valence-electron chi connectivity index (χ0n) is 9.39. The van der Waals surface area contributed by atoms with Crippen molar-refractivity contribution >= 4 is 16.8 Å². The molecule has 88 valence electrons. The maximum absolute atomic E-state index is 12.2. The standard InChI is InChI=1S/C12H14N4O/c13-10-3-4-16(7-10)12(17)8-1-2-11-9(5-8)6-14-15-11/h1-2,5-6,10H,3-4,7,13H2,(H,14,15)/t10-/m1/s1. The zero-order valence-corrected chi connectivity index (χ0v) is 9.39. The van der Waals surface area contributed by atoms with E-state index in [1.54, 1.807) is 6.20 Å². The van der Waals surface area contributed by atoms with Crippen LogP contribution in [0.25, 0.3) is 10.9 Å². The van der Waals surface area contributed by atoms with Gasteiger partial charge in [-0.3, -0.25) is 9.89 Å². The zero-order chi connectivity index (χ0) is 11.8. The van der Waals surface area contributed by atoms with Crippen LogP contribution in [-0.2, 0) is 0 Å². The Bertz CT molecular complexity index is 562. The fourth-order valence-electron chi connectivity index (χ4n) is 2.23. The second-order valence-electron chi connectivity index (χ2n) is 4.47. The molecule has 5 nitrogen and oxygen atoms in total. The van der Waals surface area contributed by atoms with Crippen molar-refractivity contribution in [1.29, 1.82) is 0 Å². The van der Waals surface area contributed by atoms with Crippen molar-refractivity contribution in [2.75, 3.05) is 13.1 Å². The summed E-state index contributed by atoms with van der Waals surface area (Å²) >= 11 is 0. The second kappa shape index (κ2) is 3.85. The number of nitrogens with two attached hydrogens (primary N) is 1. The molecule has 2 aromatic rings. The third kappa shape index (κ3) is 1.78. The largest absolute Gasteiger partial charge is 0.337 e. The van der Waals surface area contributed by atoms with Gasteiger partial charge in [0.2, 0.25) is 0 Å². The molecule has 2 heterocycles. The molecule has 1 saturated heterocycles. The van der Waals surface area contributed by atoms with Crippen molar-refractivity contribution < 1.29 is 4.79 Å². The molecule has 0 saturated carbocycles. The number of carbonyl (C=O) groups excluding carboxylic acids is 1. The first-order valence-electron chi connectivity index (χ1n) is 5.72. The highest BCUT2D eigenvalue weighted by Crippen LogP contribution is 2.17. The van der Waals surface area contributed by atoms with E-state index in [2.05, 4.69) is 10.2 Å². The summed E-state index contributed by atoms with van der Waals surface area (Å²) in [6, 6.07) is 5.69. The molecule has 1 aromatic heterocycles. The number of hydrogen-bond donors (Lipinski definition) is 2. The lowest BCUT2D eigenvalue weighted by atomic mass is 10.1. The Morgan fingerprint density at radius 2 is 2.41 bits per heavy atom. The van der Waals surface area contributed by atoms with Crippen LogP contribution < -0.4 is 5.73 Å². The van der Waals surface area contributed by atoms with Gasteiger partial charge in [-0.1, -0.05) is 0 Å². The molecule has 3 N–H and O–H groups in total. The smallest absolute Gasteiger partial charge is 0.253 e. The first kappa shape index (κ1) is 10.3. The number of amides is 1. The van der Waals surface area contributed by atoms with Crippen molar-refractivity contribution in [2.45, 2.75) is 12.5 Å². The van der Waals surface area contributed by atoms with Crippen molar-refractivity contribution in [3.63, 3.8) is 0 Å². The molecule has 1 amide bonds. The maximum atomic E-state index is 12.2. The van der Waals surface area contributed by atoms with Gasteiger partial charge in [-0.25, -0.2) is 0 Å². The summed E-state index contributed by atoms with van der Waals surface area (Å²) in [5.41, 5.74) is 7.45. The first-order valence-corrected chi connectivity index (χ1v) is 5.72. The van der Waals surface area contributed by atoms with E-state index in [1.807, 2.05) is 23.1 Å². The van der Waals surface area contributed by atoms with Gasteiger partial charge in [0.15, 0.2) is 0 Å². The van der Waals surface area contributed by atoms with Crippen LogP contribution in [0.5, 0.6) is 0 Å². The fourth-order valence-corrected chi connectivity index (χ4v) is 2.23. The molecule has 3 rings (SSSR count). The van der Waals surface area contributed by atoms with Crippen LogP contribution in [0.4, 0.5) is 0 Å². The van der Waals surface area contributed by atoms with Gasteiger partial charge >= 0.3 is 0 Å². The van der Waals surface area contributed by atoms with Gasteiger partial charge in [0.1, 0.15) is 0 Å². The fraction of sp³-hybridized carbons (Fsp3) is 0.333. The number of fused-ring (bicyclic) bond motifs is 1. The predicted octanol–water partition coefficient (Wildman–Crippen LogP) is 0.736. The van der Waals surface area contributed by atoms with Crippen LogP contribution in [-0.4, -0.2) is 40.1 Å². The molecule has 1 aromatic carbocycles. The first-order chi connectivity index (χ1) is 8.24. The molecule has 17 heavy (non-hydrogen) atoms. The third-order valence-corrected chi connectivity index (χ3v) is 3.20. The monoisotopic (exact) mass is 230 g/mol. The Balaban J connectivity index is 1.89. The van der Waals surface area contributed by atoms with Crippen molar-refractivity contribution in [3.8, 4) is 0 Å². The summed E-state index contributed by atoms with van der Waals surface area (Å²) < 4.78 is 0. The number of benzene rings is 1. The van der Waals surface area contributed by atoms with Crippen LogP contribution in [0.2, 0.25) is 0 Å². The molecule has 0 radical (unpaired) electrons. The number of nitrogens with zero attached hydrogens (tertiary/aromatic N) is 2. The molecule has 1 aliphatic heterocycles. The molecule has 0 unspecified atom stereocenters. The number of aromatic amines is 1. The van der Waals surface area contributed by atoms with Crippen LogP contribution in [0.3, 0.4) is 0 Å². The van der Waals surface area contributed by atoms with E-state index < -0.39 is 0 Å². The van der Waals surface area contributed by atoms with Gasteiger partial charge in [-0.2, -0.15) is 5.10 Å².